The first kappa shape index (κ1) is 9.86. The second-order valence-electron chi connectivity index (χ2n) is 2.93. The number of nitrogens with two attached hydrogens (primary N) is 1. The molecule has 0 spiro atoms. The molecule has 1 aromatic carbocycles. The van der Waals surface area contributed by atoms with Gasteiger partial charge in [0, 0.05) is 5.69 Å². The predicted molar refractivity (Wildman–Crippen MR) is 55.3 cm³/mol. The molecule has 0 heterocycles. The van der Waals surface area contributed by atoms with Gasteiger partial charge in [0.25, 0.3) is 0 Å². The molecule has 0 saturated carbocycles. The lowest BCUT2D eigenvalue weighted by Crippen LogP contribution is -2.02. The van der Waals surface area contributed by atoms with E-state index in [2.05, 4.69) is 12.4 Å². The smallest absolute Gasteiger partial charge is 0.0745 e. The van der Waals surface area contributed by atoms with Gasteiger partial charge in [-0.25, -0.2) is 0 Å². The fourth-order valence-corrected chi connectivity index (χ4v) is 0.953. The fraction of sp³-hybridized carbons (Fsp3) is 0.400. The van der Waals surface area contributed by atoms with Gasteiger partial charge >= 0.3 is 0 Å². The van der Waals surface area contributed by atoms with Crippen molar-refractivity contribution in [1.82, 2.24) is 0 Å². The number of unbranched alkanes of at least 4 members (excludes halogenated alkanes) is 1. The molecular weight excluding hydrogens is 164 g/mol. The minimum absolute atomic E-state index is 0.727. The van der Waals surface area contributed by atoms with Gasteiger partial charge in [0.2, 0.25) is 0 Å². The zero-order valence-electron chi connectivity index (χ0n) is 7.92. The maximum atomic E-state index is 5.59. The molecule has 0 bridgehead atoms. The molecule has 0 saturated heterocycles. The van der Waals surface area contributed by atoms with E-state index in [0.29, 0.717) is 0 Å². The summed E-state index contributed by atoms with van der Waals surface area (Å²) in [6.45, 7) is 2.86. The molecule has 0 aromatic heterocycles. The molecule has 3 N–H and O–H groups in total. The topological polar surface area (TPSA) is 47.3 Å². The first-order chi connectivity index (χ1) is 6.33. The van der Waals surface area contributed by atoms with Gasteiger partial charge in [-0.1, -0.05) is 19.4 Å². The van der Waals surface area contributed by atoms with E-state index in [9.17, 15) is 0 Å². The normalized spacial score (nSPS) is 9.92. The third-order valence-corrected chi connectivity index (χ3v) is 1.68. The summed E-state index contributed by atoms with van der Waals surface area (Å²) in [5.41, 5.74) is 10.1. The van der Waals surface area contributed by atoms with Crippen LogP contribution in [-0.4, -0.2) is 6.61 Å². The van der Waals surface area contributed by atoms with Crippen molar-refractivity contribution in [2.45, 2.75) is 19.8 Å². The van der Waals surface area contributed by atoms with Gasteiger partial charge < -0.3 is 5.73 Å². The Balaban J connectivity index is 2.28. The van der Waals surface area contributed by atoms with Gasteiger partial charge in [0.15, 0.2) is 0 Å². The number of hydrogen-bond acceptors (Lipinski definition) is 3. The van der Waals surface area contributed by atoms with E-state index in [1.54, 1.807) is 0 Å². The van der Waals surface area contributed by atoms with E-state index in [1.807, 2.05) is 24.3 Å². The zero-order chi connectivity index (χ0) is 9.52. The van der Waals surface area contributed by atoms with Crippen molar-refractivity contribution >= 4 is 11.4 Å². The highest BCUT2D eigenvalue weighted by molar-refractivity contribution is 5.52. The third kappa shape index (κ3) is 3.80. The molecule has 0 radical (unpaired) electrons. The summed E-state index contributed by atoms with van der Waals surface area (Å²) in [5, 5.41) is 0. The fourth-order valence-electron chi connectivity index (χ4n) is 0.953. The monoisotopic (exact) mass is 180 g/mol. The summed E-state index contributed by atoms with van der Waals surface area (Å²) >= 11 is 0. The Hall–Kier alpha value is -1.22. The summed E-state index contributed by atoms with van der Waals surface area (Å²) in [6, 6.07) is 7.49. The van der Waals surface area contributed by atoms with Crippen molar-refractivity contribution in [2.24, 2.45) is 0 Å². The van der Waals surface area contributed by atoms with Crippen LogP contribution in [0.4, 0.5) is 11.4 Å². The van der Waals surface area contributed by atoms with E-state index in [4.69, 9.17) is 10.6 Å². The number of nitrogen functional groups attached to an aromatic ring is 1. The van der Waals surface area contributed by atoms with E-state index in [0.717, 1.165) is 30.8 Å². The quantitative estimate of drug-likeness (QED) is 0.415. The van der Waals surface area contributed by atoms with Crippen LogP contribution in [0.2, 0.25) is 0 Å². The van der Waals surface area contributed by atoms with E-state index >= 15 is 0 Å². The molecule has 0 unspecified atom stereocenters. The maximum absolute atomic E-state index is 5.59. The van der Waals surface area contributed by atoms with Gasteiger partial charge in [-0.2, -0.15) is 0 Å². The lowest BCUT2D eigenvalue weighted by molar-refractivity contribution is 0.189. The molecule has 3 nitrogen and oxygen atoms in total. The van der Waals surface area contributed by atoms with Crippen LogP contribution in [0.3, 0.4) is 0 Å². The second kappa shape index (κ2) is 5.43. The molecule has 0 amide bonds. The first-order valence-electron chi connectivity index (χ1n) is 4.56. The van der Waals surface area contributed by atoms with Crippen molar-refractivity contribution in [1.29, 1.82) is 0 Å². The standard InChI is InChI=1S/C10H16N2O/c1-2-3-7-13-12-10-6-4-5-9(11)8-10/h4-6,8,12H,2-3,7,11H2,1H3. The van der Waals surface area contributed by atoms with E-state index < -0.39 is 0 Å². The zero-order valence-corrected chi connectivity index (χ0v) is 7.92. The number of anilines is 2. The van der Waals surface area contributed by atoms with Gasteiger partial charge in [-0.3, -0.25) is 10.3 Å². The molecule has 72 valence electrons. The van der Waals surface area contributed by atoms with Crippen molar-refractivity contribution < 1.29 is 4.84 Å². The molecule has 13 heavy (non-hydrogen) atoms. The average molecular weight is 180 g/mol. The third-order valence-electron chi connectivity index (χ3n) is 1.68. The van der Waals surface area contributed by atoms with Crippen LogP contribution >= 0.6 is 0 Å². The molecule has 0 fully saturated rings. The molecule has 1 aromatic rings. The Morgan fingerprint density at radius 2 is 2.31 bits per heavy atom. The highest BCUT2D eigenvalue weighted by Crippen LogP contribution is 2.11. The molecule has 0 aliphatic heterocycles. The largest absolute Gasteiger partial charge is 0.399 e. The van der Waals surface area contributed by atoms with Gasteiger partial charge in [-0.15, -0.1) is 0 Å². The van der Waals surface area contributed by atoms with Gasteiger partial charge in [0.1, 0.15) is 0 Å². The van der Waals surface area contributed by atoms with Crippen LogP contribution in [0, 0.1) is 0 Å². The Kier molecular flexibility index (Phi) is 4.12. The lowest BCUT2D eigenvalue weighted by atomic mass is 10.3. The molecule has 0 aliphatic carbocycles. The number of nitrogens with one attached hydrogen (secondary N) is 1. The highest BCUT2D eigenvalue weighted by Gasteiger charge is 1.91. The Labute approximate surface area is 78.8 Å². The number of hydrogen-bond donors (Lipinski definition) is 2. The summed E-state index contributed by atoms with van der Waals surface area (Å²) in [7, 11) is 0. The van der Waals surface area contributed by atoms with E-state index in [-0.39, 0.29) is 0 Å². The second-order valence-corrected chi connectivity index (χ2v) is 2.93. The van der Waals surface area contributed by atoms with Gasteiger partial charge in [0.05, 0.1) is 12.3 Å². The maximum Gasteiger partial charge on any atom is 0.0745 e. The Bertz CT molecular complexity index is 250. The minimum Gasteiger partial charge on any atom is -0.399 e. The number of rotatable bonds is 5. The first-order valence-corrected chi connectivity index (χ1v) is 4.56. The van der Waals surface area contributed by atoms with Crippen molar-refractivity contribution in [3.05, 3.63) is 24.3 Å². The Morgan fingerprint density at radius 3 is 3.00 bits per heavy atom. The van der Waals surface area contributed by atoms with Gasteiger partial charge in [-0.05, 0) is 24.6 Å². The minimum atomic E-state index is 0.727. The van der Waals surface area contributed by atoms with E-state index in [1.165, 1.54) is 0 Å². The van der Waals surface area contributed by atoms with Crippen LogP contribution in [0.15, 0.2) is 24.3 Å². The summed E-state index contributed by atoms with van der Waals surface area (Å²) < 4.78 is 0. The summed E-state index contributed by atoms with van der Waals surface area (Å²) in [4.78, 5) is 5.21. The van der Waals surface area contributed by atoms with Crippen LogP contribution in [0.1, 0.15) is 19.8 Å². The SMILES string of the molecule is CCCCONc1cccc(N)c1. The molecule has 1 rings (SSSR count). The van der Waals surface area contributed by atoms with Crippen LogP contribution < -0.4 is 11.2 Å². The van der Waals surface area contributed by atoms with Crippen molar-refractivity contribution in [3.8, 4) is 0 Å². The summed E-state index contributed by atoms with van der Waals surface area (Å²) in [6.07, 6.45) is 2.20. The number of benzene rings is 1. The Morgan fingerprint density at radius 1 is 1.46 bits per heavy atom. The lowest BCUT2D eigenvalue weighted by Gasteiger charge is -2.06. The molecule has 3 heteroatoms. The van der Waals surface area contributed by atoms with Crippen LogP contribution in [0.25, 0.3) is 0 Å². The predicted octanol–water partition coefficient (Wildman–Crippen LogP) is 2.41. The average Bonchev–Trinajstić information content (AvgIpc) is 2.13. The molecular formula is C10H16N2O. The van der Waals surface area contributed by atoms with Crippen LogP contribution in [0.5, 0.6) is 0 Å². The van der Waals surface area contributed by atoms with Crippen molar-refractivity contribution in [2.75, 3.05) is 17.8 Å². The highest BCUT2D eigenvalue weighted by atomic mass is 16.6. The van der Waals surface area contributed by atoms with Crippen molar-refractivity contribution in [3.63, 3.8) is 0 Å². The van der Waals surface area contributed by atoms with Crippen LogP contribution in [-0.2, 0) is 4.84 Å². The summed E-state index contributed by atoms with van der Waals surface area (Å²) in [5.74, 6) is 0. The molecule has 0 atom stereocenters. The molecule has 0 aliphatic rings.